The van der Waals surface area contributed by atoms with Crippen molar-refractivity contribution >= 4 is 17.5 Å². The molecule has 0 amide bonds. The Balaban J connectivity index is 1.80. The molecule has 1 aliphatic carbocycles. The lowest BCUT2D eigenvalue weighted by atomic mass is 10.0. The molecule has 0 aliphatic heterocycles. The second-order valence-corrected chi connectivity index (χ2v) is 7.61. The van der Waals surface area contributed by atoms with Crippen LogP contribution in [0, 0.1) is 13.8 Å². The zero-order valence-electron chi connectivity index (χ0n) is 14.2. The smallest absolute Gasteiger partial charge is 0.191 e. The number of ketones is 1. The van der Waals surface area contributed by atoms with Gasteiger partial charge in [-0.05, 0) is 52.2 Å². The molecule has 1 aromatic carbocycles. The van der Waals surface area contributed by atoms with Crippen LogP contribution in [0.25, 0.3) is 0 Å². The fraction of sp³-hybridized carbons (Fsp3) is 0.500. The molecule has 4 nitrogen and oxygen atoms in total. The summed E-state index contributed by atoms with van der Waals surface area (Å²) in [5, 5.41) is 9.37. The van der Waals surface area contributed by atoms with Crippen LogP contribution in [-0.4, -0.2) is 25.8 Å². The molecule has 23 heavy (non-hydrogen) atoms. The second-order valence-electron chi connectivity index (χ2n) is 6.30. The molecule has 0 N–H and O–H groups in total. The van der Waals surface area contributed by atoms with Gasteiger partial charge in [0, 0.05) is 18.0 Å². The first-order valence-electron chi connectivity index (χ1n) is 8.22. The summed E-state index contributed by atoms with van der Waals surface area (Å²) in [4.78, 5) is 12.8. The summed E-state index contributed by atoms with van der Waals surface area (Å²) in [6.07, 6.45) is 2.42. The Kier molecular flexibility index (Phi) is 4.57. The maximum Gasteiger partial charge on any atom is 0.191 e. The second kappa shape index (κ2) is 6.48. The van der Waals surface area contributed by atoms with Gasteiger partial charge in [-0.25, -0.2) is 0 Å². The minimum Gasteiger partial charge on any atom is -0.306 e. The van der Waals surface area contributed by atoms with Gasteiger partial charge >= 0.3 is 0 Å². The molecule has 1 unspecified atom stereocenters. The molecule has 0 bridgehead atoms. The van der Waals surface area contributed by atoms with Crippen LogP contribution >= 0.6 is 11.8 Å². The molecule has 1 saturated carbocycles. The summed E-state index contributed by atoms with van der Waals surface area (Å²) in [6, 6.07) is 6.04. The minimum absolute atomic E-state index is 0.162. The summed E-state index contributed by atoms with van der Waals surface area (Å²) < 4.78 is 2.16. The van der Waals surface area contributed by atoms with Gasteiger partial charge in [0.1, 0.15) is 5.82 Å². The topological polar surface area (TPSA) is 47.8 Å². The lowest BCUT2D eigenvalue weighted by Gasteiger charge is -2.13. The monoisotopic (exact) mass is 329 g/mol. The fourth-order valence-electron chi connectivity index (χ4n) is 2.76. The van der Waals surface area contributed by atoms with E-state index in [4.69, 9.17) is 0 Å². The van der Waals surface area contributed by atoms with Gasteiger partial charge in [0.15, 0.2) is 10.9 Å². The molecule has 0 spiro atoms. The third-order valence-electron chi connectivity index (χ3n) is 4.31. The van der Waals surface area contributed by atoms with Gasteiger partial charge in [-0.15, -0.1) is 10.2 Å². The quantitative estimate of drug-likeness (QED) is 0.590. The molecule has 0 radical (unpaired) electrons. The van der Waals surface area contributed by atoms with Crippen molar-refractivity contribution in [2.75, 3.05) is 0 Å². The zero-order chi connectivity index (χ0) is 16.6. The first-order chi connectivity index (χ1) is 11.0. The molecule has 1 fully saturated rings. The predicted molar refractivity (Wildman–Crippen MR) is 93.2 cm³/mol. The van der Waals surface area contributed by atoms with E-state index in [9.17, 15) is 4.79 Å². The van der Waals surface area contributed by atoms with Crippen molar-refractivity contribution in [1.29, 1.82) is 0 Å². The van der Waals surface area contributed by atoms with Gasteiger partial charge in [-0.3, -0.25) is 4.79 Å². The van der Waals surface area contributed by atoms with Crippen LogP contribution in [0.4, 0.5) is 0 Å². The third-order valence-corrected chi connectivity index (χ3v) is 5.39. The van der Waals surface area contributed by atoms with Gasteiger partial charge in [0.2, 0.25) is 0 Å². The first-order valence-corrected chi connectivity index (χ1v) is 9.10. The van der Waals surface area contributed by atoms with Crippen LogP contribution in [0.2, 0.25) is 0 Å². The largest absolute Gasteiger partial charge is 0.306 e. The molecule has 1 heterocycles. The first kappa shape index (κ1) is 16.2. The van der Waals surface area contributed by atoms with Crippen LogP contribution in [0.15, 0.2) is 23.4 Å². The van der Waals surface area contributed by atoms with E-state index in [1.54, 1.807) is 0 Å². The number of thioether (sulfide) groups is 1. The van der Waals surface area contributed by atoms with Crippen molar-refractivity contribution in [1.82, 2.24) is 14.8 Å². The third kappa shape index (κ3) is 3.34. The highest BCUT2D eigenvalue weighted by molar-refractivity contribution is 8.00. The van der Waals surface area contributed by atoms with Crippen LogP contribution in [-0.2, 0) is 6.54 Å². The van der Waals surface area contributed by atoms with Crippen molar-refractivity contribution in [3.8, 4) is 0 Å². The molecule has 3 rings (SSSR count). The number of benzene rings is 1. The van der Waals surface area contributed by atoms with Crippen LogP contribution < -0.4 is 0 Å². The van der Waals surface area contributed by atoms with E-state index in [1.807, 2.05) is 39.0 Å². The number of nitrogens with zero attached hydrogens (tertiary/aromatic N) is 3. The normalized spacial score (nSPS) is 15.7. The lowest BCUT2D eigenvalue weighted by Crippen LogP contribution is -2.16. The molecular weight excluding hydrogens is 306 g/mol. The van der Waals surface area contributed by atoms with E-state index in [2.05, 4.69) is 21.7 Å². The van der Waals surface area contributed by atoms with E-state index < -0.39 is 0 Å². The van der Waals surface area contributed by atoms with Crippen molar-refractivity contribution < 1.29 is 4.79 Å². The Morgan fingerprint density at radius 2 is 2.09 bits per heavy atom. The standard InChI is InChI=1S/C18H23N3OS/c1-5-21-17(14-8-9-14)19-20-18(21)23-13(4)16(22)15-10-11(2)6-7-12(15)3/h6-7,10,13-14H,5,8-9H2,1-4H3. The Bertz CT molecular complexity index is 734. The Morgan fingerprint density at radius 1 is 1.35 bits per heavy atom. The van der Waals surface area contributed by atoms with Crippen LogP contribution in [0.5, 0.6) is 0 Å². The van der Waals surface area contributed by atoms with Gasteiger partial charge in [0.25, 0.3) is 0 Å². The van der Waals surface area contributed by atoms with Gasteiger partial charge in [-0.2, -0.15) is 0 Å². The maximum absolute atomic E-state index is 12.8. The molecular formula is C18H23N3OS. The predicted octanol–water partition coefficient (Wildman–Crippen LogP) is 4.16. The highest BCUT2D eigenvalue weighted by Gasteiger charge is 2.31. The Hall–Kier alpha value is -1.62. The highest BCUT2D eigenvalue weighted by atomic mass is 32.2. The zero-order valence-corrected chi connectivity index (χ0v) is 15.0. The van der Waals surface area contributed by atoms with E-state index >= 15 is 0 Å². The Labute approximate surface area is 141 Å². The average Bonchev–Trinajstić information content (AvgIpc) is 3.30. The molecule has 1 aromatic heterocycles. The summed E-state index contributed by atoms with van der Waals surface area (Å²) in [7, 11) is 0. The SMILES string of the molecule is CCn1c(SC(C)C(=O)c2cc(C)ccc2C)nnc1C1CC1. The number of carbonyl (C=O) groups excluding carboxylic acids is 1. The summed E-state index contributed by atoms with van der Waals surface area (Å²) in [5.41, 5.74) is 2.96. The summed E-state index contributed by atoms with van der Waals surface area (Å²) in [6.45, 7) is 8.93. The number of carbonyl (C=O) groups is 1. The average molecular weight is 329 g/mol. The van der Waals surface area contributed by atoms with Crippen LogP contribution in [0.3, 0.4) is 0 Å². The van der Waals surface area contributed by atoms with Crippen molar-refractivity contribution in [2.24, 2.45) is 0 Å². The van der Waals surface area contributed by atoms with Gasteiger partial charge in [-0.1, -0.05) is 29.5 Å². The van der Waals surface area contributed by atoms with Crippen LogP contribution in [0.1, 0.15) is 59.9 Å². The lowest BCUT2D eigenvalue weighted by molar-refractivity contribution is 0.0993. The number of hydrogen-bond acceptors (Lipinski definition) is 4. The minimum atomic E-state index is -0.169. The van der Waals surface area contributed by atoms with E-state index in [1.165, 1.54) is 24.6 Å². The number of Topliss-reactive ketones (excluding diaryl/α,β-unsaturated/α-hetero) is 1. The maximum atomic E-state index is 12.8. The van der Waals surface area contributed by atoms with E-state index in [-0.39, 0.29) is 11.0 Å². The molecule has 122 valence electrons. The summed E-state index contributed by atoms with van der Waals surface area (Å²) >= 11 is 1.52. The van der Waals surface area contributed by atoms with E-state index in [0.717, 1.165) is 34.2 Å². The molecule has 5 heteroatoms. The highest BCUT2D eigenvalue weighted by Crippen LogP contribution is 2.40. The molecule has 2 aromatic rings. The number of aromatic nitrogens is 3. The Morgan fingerprint density at radius 3 is 2.74 bits per heavy atom. The molecule has 1 atom stereocenters. The number of hydrogen-bond donors (Lipinski definition) is 0. The van der Waals surface area contributed by atoms with E-state index in [0.29, 0.717) is 5.92 Å². The van der Waals surface area contributed by atoms with Gasteiger partial charge in [0.05, 0.1) is 5.25 Å². The molecule has 1 aliphatic rings. The van der Waals surface area contributed by atoms with Crippen molar-refractivity contribution in [3.63, 3.8) is 0 Å². The summed E-state index contributed by atoms with van der Waals surface area (Å²) in [5.74, 6) is 1.82. The van der Waals surface area contributed by atoms with Gasteiger partial charge < -0.3 is 4.57 Å². The molecule has 0 saturated heterocycles. The number of aryl methyl sites for hydroxylation is 2. The van der Waals surface area contributed by atoms with Crippen molar-refractivity contribution in [3.05, 3.63) is 40.7 Å². The fourth-order valence-corrected chi connectivity index (χ4v) is 3.75. The number of rotatable bonds is 6. The van der Waals surface area contributed by atoms with Crippen molar-refractivity contribution in [2.45, 2.75) is 63.4 Å².